The number of aliphatic hydroxyl groups excluding tert-OH is 5. The number of rotatable bonds is 5. The molecule has 0 fully saturated rings. The molecule has 0 amide bonds. The molecule has 14 heavy (non-hydrogen) atoms. The van der Waals surface area contributed by atoms with Crippen molar-refractivity contribution in [2.75, 3.05) is 6.61 Å². The molecule has 0 aromatic carbocycles. The van der Waals surface area contributed by atoms with Crippen LogP contribution in [0.5, 0.6) is 0 Å². The van der Waals surface area contributed by atoms with Crippen molar-refractivity contribution in [1.82, 2.24) is 0 Å². The molecule has 1 radical (unpaired) electrons. The number of hydrogen-bond donors (Lipinski definition) is 5. The van der Waals surface area contributed by atoms with Crippen LogP contribution in [0.2, 0.25) is 0 Å². The molecule has 0 aliphatic rings. The van der Waals surface area contributed by atoms with E-state index in [1.807, 2.05) is 0 Å². The predicted molar refractivity (Wildman–Crippen MR) is 54.0 cm³/mol. The minimum absolute atomic E-state index is 0. The van der Waals surface area contributed by atoms with Gasteiger partial charge in [0.05, 0.1) is 6.61 Å². The molecule has 6 nitrogen and oxygen atoms in total. The molecule has 0 aromatic rings. The Morgan fingerprint density at radius 3 is 1.79 bits per heavy atom. The number of aliphatic hydroxyl groups is 5. The molecule has 0 aliphatic carbocycles. The summed E-state index contributed by atoms with van der Waals surface area (Å²) in [5.41, 5.74) is 0. The second kappa shape index (κ2) is 10.4. The summed E-state index contributed by atoms with van der Waals surface area (Å²) in [7, 11) is 0. The van der Waals surface area contributed by atoms with Crippen LogP contribution in [0.1, 0.15) is 0 Å². The van der Waals surface area contributed by atoms with Crippen LogP contribution in [0.3, 0.4) is 0 Å². The Labute approximate surface area is 107 Å². The van der Waals surface area contributed by atoms with Crippen molar-refractivity contribution in [2.24, 2.45) is 0 Å². The molecular weight excluding hydrogens is 222 g/mol. The van der Waals surface area contributed by atoms with Crippen LogP contribution in [0.15, 0.2) is 0 Å². The van der Waals surface area contributed by atoms with Crippen LogP contribution in [-0.2, 0) is 4.79 Å². The van der Waals surface area contributed by atoms with Crippen LogP contribution >= 0.6 is 9.90 Å². The van der Waals surface area contributed by atoms with Gasteiger partial charge in [0.15, 0.2) is 6.29 Å². The standard InChI is InChI=1S/C6H12O6.Na.H3P/c7-1-3(9)5(11)6(12)4(10)2-8;;/h1,3-6,8-12H,2H2;;1H3/t3-,4+,5+,6+;;/m0../s1. The van der Waals surface area contributed by atoms with E-state index in [-0.39, 0.29) is 45.7 Å². The molecule has 5 atom stereocenters. The summed E-state index contributed by atoms with van der Waals surface area (Å²) in [6, 6.07) is 0. The first kappa shape index (κ1) is 20.3. The van der Waals surface area contributed by atoms with Crippen molar-refractivity contribution < 1.29 is 30.3 Å². The first-order chi connectivity index (χ1) is 5.54. The molecule has 0 spiro atoms. The van der Waals surface area contributed by atoms with Crippen LogP contribution in [0.4, 0.5) is 0 Å². The Morgan fingerprint density at radius 2 is 1.50 bits per heavy atom. The van der Waals surface area contributed by atoms with E-state index in [1.165, 1.54) is 0 Å². The van der Waals surface area contributed by atoms with Crippen molar-refractivity contribution in [3.63, 3.8) is 0 Å². The molecule has 0 aliphatic heterocycles. The van der Waals surface area contributed by atoms with E-state index in [4.69, 9.17) is 25.5 Å². The monoisotopic (exact) mass is 237 g/mol. The Morgan fingerprint density at radius 1 is 1.07 bits per heavy atom. The quantitative estimate of drug-likeness (QED) is 0.191. The minimum atomic E-state index is -1.79. The Bertz CT molecular complexity index is 148. The molecule has 0 aromatic heterocycles. The van der Waals surface area contributed by atoms with Gasteiger partial charge in [-0.3, -0.25) is 0 Å². The van der Waals surface area contributed by atoms with E-state index in [0.29, 0.717) is 0 Å². The van der Waals surface area contributed by atoms with Gasteiger partial charge in [-0.15, -0.1) is 0 Å². The van der Waals surface area contributed by atoms with E-state index in [2.05, 4.69) is 0 Å². The largest absolute Gasteiger partial charge is 0.394 e. The van der Waals surface area contributed by atoms with Gasteiger partial charge < -0.3 is 30.3 Å². The normalized spacial score (nSPS) is 18.1. The van der Waals surface area contributed by atoms with E-state index in [9.17, 15) is 4.79 Å². The van der Waals surface area contributed by atoms with Gasteiger partial charge in [-0.1, -0.05) is 0 Å². The summed E-state index contributed by atoms with van der Waals surface area (Å²) in [4.78, 5) is 9.90. The first-order valence-electron chi connectivity index (χ1n) is 3.33. The van der Waals surface area contributed by atoms with Crippen LogP contribution in [0, 0.1) is 0 Å². The van der Waals surface area contributed by atoms with Crippen molar-refractivity contribution in [3.05, 3.63) is 0 Å². The van der Waals surface area contributed by atoms with Crippen molar-refractivity contribution >= 4 is 45.7 Å². The molecule has 1 unspecified atom stereocenters. The van der Waals surface area contributed by atoms with Gasteiger partial charge in [0.25, 0.3) is 0 Å². The summed E-state index contributed by atoms with van der Waals surface area (Å²) in [6.45, 7) is -0.760. The van der Waals surface area contributed by atoms with Gasteiger partial charge in [-0.2, -0.15) is 9.90 Å². The first-order valence-corrected chi connectivity index (χ1v) is 3.33. The third-order valence-electron chi connectivity index (χ3n) is 1.42. The van der Waals surface area contributed by atoms with E-state index < -0.39 is 31.0 Å². The van der Waals surface area contributed by atoms with Crippen LogP contribution < -0.4 is 0 Å². The third-order valence-corrected chi connectivity index (χ3v) is 1.42. The zero-order valence-corrected chi connectivity index (χ0v) is 11.4. The van der Waals surface area contributed by atoms with Gasteiger partial charge >= 0.3 is 0 Å². The topological polar surface area (TPSA) is 118 Å². The van der Waals surface area contributed by atoms with Crippen molar-refractivity contribution in [1.29, 1.82) is 0 Å². The van der Waals surface area contributed by atoms with E-state index in [1.54, 1.807) is 0 Å². The number of aldehydes is 1. The molecule has 81 valence electrons. The number of carbonyl (C=O) groups excluding carboxylic acids is 1. The fourth-order valence-electron chi connectivity index (χ4n) is 0.618. The predicted octanol–water partition coefficient (Wildman–Crippen LogP) is -3.70. The second-order valence-electron chi connectivity index (χ2n) is 2.36. The fraction of sp³-hybridized carbons (Fsp3) is 0.833. The van der Waals surface area contributed by atoms with Gasteiger partial charge in [-0.25, -0.2) is 0 Å². The van der Waals surface area contributed by atoms with Gasteiger partial charge in [0, 0.05) is 29.6 Å². The molecule has 0 saturated carbocycles. The Balaban J connectivity index is -0.000000605. The summed E-state index contributed by atoms with van der Waals surface area (Å²) < 4.78 is 0. The SMILES string of the molecule is O=C[C@H](O)[C@@H](O)[C@H](O)[C@H](O)CO.P.[Na]. The Hall–Kier alpha value is 0.900. The van der Waals surface area contributed by atoms with Gasteiger partial charge in [-0.05, 0) is 0 Å². The molecule has 0 saturated heterocycles. The smallest absolute Gasteiger partial charge is 0.151 e. The van der Waals surface area contributed by atoms with E-state index in [0.717, 1.165) is 0 Å². The Kier molecular flexibility index (Phi) is 15.1. The zero-order valence-electron chi connectivity index (χ0n) is 7.95. The molecule has 0 bridgehead atoms. The third kappa shape index (κ3) is 6.40. The van der Waals surface area contributed by atoms with E-state index >= 15 is 0 Å². The fourth-order valence-corrected chi connectivity index (χ4v) is 0.618. The van der Waals surface area contributed by atoms with Crippen LogP contribution in [0.25, 0.3) is 0 Å². The number of carbonyl (C=O) groups is 1. The van der Waals surface area contributed by atoms with Crippen molar-refractivity contribution in [3.8, 4) is 0 Å². The summed E-state index contributed by atoms with van der Waals surface area (Å²) in [5.74, 6) is 0. The maximum Gasteiger partial charge on any atom is 0.151 e. The molecule has 0 heterocycles. The maximum absolute atomic E-state index is 9.90. The number of hydrogen-bond acceptors (Lipinski definition) is 6. The minimum Gasteiger partial charge on any atom is -0.394 e. The summed E-state index contributed by atoms with van der Waals surface area (Å²) in [5, 5.41) is 43.5. The zero-order chi connectivity index (χ0) is 9.72. The molecule has 8 heteroatoms. The maximum atomic E-state index is 9.90. The molecular formula is C6H15NaO6P. The van der Waals surface area contributed by atoms with Gasteiger partial charge in [0.1, 0.15) is 24.4 Å². The second-order valence-corrected chi connectivity index (χ2v) is 2.36. The summed E-state index contributed by atoms with van der Waals surface area (Å²) >= 11 is 0. The average molecular weight is 237 g/mol. The van der Waals surface area contributed by atoms with Gasteiger partial charge in [0.2, 0.25) is 0 Å². The molecule has 0 rings (SSSR count). The van der Waals surface area contributed by atoms with Crippen molar-refractivity contribution in [2.45, 2.75) is 24.4 Å². The molecule has 5 N–H and O–H groups in total. The average Bonchev–Trinajstić information content (AvgIpc) is 2.12. The summed E-state index contributed by atoms with van der Waals surface area (Å²) in [6.07, 6.45) is -6.84. The van der Waals surface area contributed by atoms with Crippen LogP contribution in [-0.4, -0.2) is 92.4 Å².